The van der Waals surface area contributed by atoms with E-state index in [1.165, 1.54) is 21.0 Å². The molecule has 0 saturated carbocycles. The third-order valence-electron chi connectivity index (χ3n) is 11.0. The van der Waals surface area contributed by atoms with Crippen LogP contribution in [0.15, 0.2) is 24.3 Å². The first-order chi connectivity index (χ1) is 23.9. The number of nitrogens with two attached hydrogens (primary N) is 1. The van der Waals surface area contributed by atoms with Crippen LogP contribution in [0.1, 0.15) is 91.2 Å². The van der Waals surface area contributed by atoms with Gasteiger partial charge in [0.1, 0.15) is 6.04 Å². The van der Waals surface area contributed by atoms with Gasteiger partial charge in [-0.25, -0.2) is 4.79 Å². The van der Waals surface area contributed by atoms with Gasteiger partial charge in [0.25, 0.3) is 0 Å². The lowest BCUT2D eigenvalue weighted by Crippen LogP contribution is -2.60. The van der Waals surface area contributed by atoms with E-state index in [0.717, 1.165) is 17.5 Å². The maximum atomic E-state index is 14.1. The molecular formula is C38H61N5O8. The van der Waals surface area contributed by atoms with E-state index in [0.29, 0.717) is 25.8 Å². The van der Waals surface area contributed by atoms with Gasteiger partial charge >= 0.3 is 5.97 Å². The molecule has 13 nitrogen and oxygen atoms in total. The summed E-state index contributed by atoms with van der Waals surface area (Å²) in [7, 11) is 4.88. The van der Waals surface area contributed by atoms with E-state index < -0.39 is 65.5 Å². The number of rotatable bonds is 18. The van der Waals surface area contributed by atoms with Gasteiger partial charge < -0.3 is 30.5 Å². The average molecular weight is 716 g/mol. The third-order valence-corrected chi connectivity index (χ3v) is 11.0. The number of hydrogen-bond donors (Lipinski definition) is 4. The van der Waals surface area contributed by atoms with E-state index in [-0.39, 0.29) is 36.1 Å². The van der Waals surface area contributed by atoms with Crippen LogP contribution < -0.4 is 16.4 Å². The highest BCUT2D eigenvalue weighted by atomic mass is 16.5. The number of benzene rings is 1. The Kier molecular flexibility index (Phi) is 14.7. The highest BCUT2D eigenvalue weighted by Crippen LogP contribution is 2.38. The van der Waals surface area contributed by atoms with Crippen LogP contribution in [0.4, 0.5) is 0 Å². The van der Waals surface area contributed by atoms with E-state index in [9.17, 15) is 29.1 Å². The molecule has 1 heterocycles. The summed E-state index contributed by atoms with van der Waals surface area (Å²) in [5, 5.41) is 15.3. The lowest BCUT2D eigenvalue weighted by molar-refractivity contribution is -0.146. The van der Waals surface area contributed by atoms with Crippen molar-refractivity contribution in [3.05, 3.63) is 35.4 Å². The molecule has 51 heavy (non-hydrogen) atoms. The Bertz CT molecular complexity index is 1400. The molecule has 9 atom stereocenters. The van der Waals surface area contributed by atoms with Crippen LogP contribution in [0.5, 0.6) is 0 Å². The van der Waals surface area contributed by atoms with E-state index in [1.54, 1.807) is 18.9 Å². The Hall–Kier alpha value is -3.39. The van der Waals surface area contributed by atoms with Crippen molar-refractivity contribution in [1.29, 1.82) is 0 Å². The molecule has 13 heteroatoms. The first-order valence-electron chi connectivity index (χ1n) is 18.2. The summed E-state index contributed by atoms with van der Waals surface area (Å²) < 4.78 is 11.9. The molecule has 4 amide bonds. The number of hydrogen-bond acceptors (Lipinski definition) is 9. The largest absolute Gasteiger partial charge is 0.480 e. The molecule has 0 radical (unpaired) electrons. The quantitative estimate of drug-likeness (QED) is 0.177. The average Bonchev–Trinajstić information content (AvgIpc) is 3.53. The summed E-state index contributed by atoms with van der Waals surface area (Å²) in [5.74, 6) is -3.98. The SMILES string of the molecule is CC[C@H](C)[C@@H]([C@@H](CC(=O)N1CCC[C@H]1[C@H](OC)[C@@H](C)C(=O)NC(C(=O)O)C1Cc2ccccc21)OC)N(C)[C@H](C(=O)NC(=O)C(C)(C)N)C(C)C. The fraction of sp³-hybridized carbons (Fsp3) is 0.711. The molecule has 0 bridgehead atoms. The van der Waals surface area contributed by atoms with Gasteiger partial charge in [0.05, 0.1) is 42.2 Å². The second-order valence-electron chi connectivity index (χ2n) is 15.4. The minimum absolute atomic E-state index is 0.0121. The van der Waals surface area contributed by atoms with Crippen LogP contribution in [-0.4, -0.2) is 114 Å². The molecular weight excluding hydrogens is 654 g/mol. The number of carboxylic acid groups (broad SMARTS) is 1. The van der Waals surface area contributed by atoms with Crippen LogP contribution in [0.2, 0.25) is 0 Å². The van der Waals surface area contributed by atoms with Crippen molar-refractivity contribution in [3.63, 3.8) is 0 Å². The van der Waals surface area contributed by atoms with Crippen molar-refractivity contribution in [2.75, 3.05) is 27.8 Å². The van der Waals surface area contributed by atoms with Crippen molar-refractivity contribution in [3.8, 4) is 0 Å². The van der Waals surface area contributed by atoms with Gasteiger partial charge in [0.2, 0.25) is 23.6 Å². The molecule has 5 N–H and O–H groups in total. The van der Waals surface area contributed by atoms with Crippen LogP contribution in [0.25, 0.3) is 0 Å². The van der Waals surface area contributed by atoms with E-state index in [2.05, 4.69) is 10.6 Å². The third kappa shape index (κ3) is 9.74. The fourth-order valence-corrected chi connectivity index (χ4v) is 7.90. The molecule has 0 spiro atoms. The van der Waals surface area contributed by atoms with Crippen LogP contribution in [0, 0.1) is 17.8 Å². The lowest BCUT2D eigenvalue weighted by atomic mass is 9.73. The molecule has 1 aliphatic carbocycles. The number of nitrogens with zero attached hydrogens (tertiary/aromatic N) is 2. The first kappa shape index (κ1) is 42.0. The monoisotopic (exact) mass is 715 g/mol. The maximum Gasteiger partial charge on any atom is 0.326 e. The first-order valence-corrected chi connectivity index (χ1v) is 18.2. The molecule has 1 fully saturated rings. The topological polar surface area (TPSA) is 181 Å². The summed E-state index contributed by atoms with van der Waals surface area (Å²) in [4.78, 5) is 69.8. The van der Waals surface area contributed by atoms with Crippen LogP contribution in [-0.2, 0) is 39.9 Å². The Morgan fingerprint density at radius 1 is 1.06 bits per heavy atom. The Balaban J connectivity index is 1.78. The van der Waals surface area contributed by atoms with Crippen LogP contribution in [0.3, 0.4) is 0 Å². The molecule has 2 unspecified atom stereocenters. The number of nitrogens with one attached hydrogen (secondary N) is 2. The number of aliphatic carboxylic acids is 1. The van der Waals surface area contributed by atoms with Crippen molar-refractivity contribution in [2.45, 2.75) is 128 Å². The van der Waals surface area contributed by atoms with Gasteiger partial charge in [-0.15, -0.1) is 0 Å². The fourth-order valence-electron chi connectivity index (χ4n) is 7.90. The zero-order chi connectivity index (χ0) is 38.4. The summed E-state index contributed by atoms with van der Waals surface area (Å²) in [6, 6.07) is 5.08. The Labute approximate surface area is 303 Å². The van der Waals surface area contributed by atoms with E-state index >= 15 is 0 Å². The molecule has 3 rings (SSSR count). The Morgan fingerprint density at radius 2 is 1.71 bits per heavy atom. The maximum absolute atomic E-state index is 14.1. The van der Waals surface area contributed by atoms with Crippen molar-refractivity contribution >= 4 is 29.6 Å². The Morgan fingerprint density at radius 3 is 2.24 bits per heavy atom. The summed E-state index contributed by atoms with van der Waals surface area (Å²) in [5.41, 5.74) is 6.71. The van der Waals surface area contributed by atoms with Gasteiger partial charge in [-0.3, -0.25) is 29.4 Å². The number of likely N-dealkylation sites (N-methyl/N-ethyl adjacent to an activating group) is 1. The predicted octanol–water partition coefficient (Wildman–Crippen LogP) is 2.69. The molecule has 1 aromatic carbocycles. The van der Waals surface area contributed by atoms with Gasteiger partial charge in [-0.1, -0.05) is 65.3 Å². The molecule has 1 aromatic rings. The van der Waals surface area contributed by atoms with Crippen molar-refractivity contribution < 1.29 is 38.6 Å². The predicted molar refractivity (Wildman–Crippen MR) is 194 cm³/mol. The zero-order valence-corrected chi connectivity index (χ0v) is 32.1. The zero-order valence-electron chi connectivity index (χ0n) is 32.1. The second kappa shape index (κ2) is 17.9. The lowest BCUT2D eigenvalue weighted by Gasteiger charge is -2.43. The summed E-state index contributed by atoms with van der Waals surface area (Å²) in [6.07, 6.45) is 1.40. The number of imide groups is 1. The van der Waals surface area contributed by atoms with Crippen molar-refractivity contribution in [1.82, 2.24) is 20.4 Å². The number of methoxy groups -OCH3 is 2. The van der Waals surface area contributed by atoms with Gasteiger partial charge in [-0.2, -0.15) is 0 Å². The second-order valence-corrected chi connectivity index (χ2v) is 15.4. The highest BCUT2D eigenvalue weighted by molar-refractivity contribution is 6.01. The summed E-state index contributed by atoms with van der Waals surface area (Å²) >= 11 is 0. The van der Waals surface area contributed by atoms with Gasteiger partial charge in [0, 0.05) is 32.7 Å². The highest BCUT2D eigenvalue weighted by Gasteiger charge is 2.45. The number of likely N-dealkylation sites (tertiary alicyclic amines) is 1. The standard InChI is InChI=1S/C38H61N5O8/c1-11-22(4)32(42(8)31(21(2)3)35(46)41-37(49)38(6,7)39)28(50-9)20-29(44)43-18-14-17-27(43)33(51-10)23(5)34(45)40-30(36(47)48)26-19-24-15-12-13-16-25(24)26/h12-13,15-16,21-23,26-28,30-33H,11,14,17-20,39H2,1-10H3,(H,40,45)(H,47,48)(H,41,46,49)/t22-,23+,26?,27-,28+,30?,31-,32-,33+/m0/s1. The van der Waals surface area contributed by atoms with Crippen LogP contribution >= 0.6 is 0 Å². The number of fused-ring (bicyclic) bond motifs is 1. The smallest absolute Gasteiger partial charge is 0.326 e. The van der Waals surface area contributed by atoms with E-state index in [4.69, 9.17) is 15.2 Å². The minimum atomic E-state index is -1.24. The van der Waals surface area contributed by atoms with Gasteiger partial charge in [0.15, 0.2) is 0 Å². The normalized spacial score (nSPS) is 21.5. The number of amides is 4. The number of ether oxygens (including phenoxy) is 2. The minimum Gasteiger partial charge on any atom is -0.480 e. The van der Waals surface area contributed by atoms with Gasteiger partial charge in [-0.05, 0) is 63.1 Å². The molecule has 2 aliphatic rings. The molecule has 1 saturated heterocycles. The number of carbonyl (C=O) groups is 5. The number of carbonyl (C=O) groups excluding carboxylic acids is 4. The molecule has 1 aliphatic heterocycles. The molecule has 0 aromatic heterocycles. The number of carboxylic acids is 1. The molecule has 286 valence electrons. The summed E-state index contributed by atoms with van der Waals surface area (Å²) in [6.45, 7) is 13.1. The van der Waals surface area contributed by atoms with E-state index in [1.807, 2.05) is 63.9 Å². The van der Waals surface area contributed by atoms with Crippen molar-refractivity contribution in [2.24, 2.45) is 23.5 Å².